The van der Waals surface area contributed by atoms with Crippen LogP contribution in [0.25, 0.3) is 0 Å². The molecule has 0 bridgehead atoms. The number of aryl methyl sites for hydroxylation is 1. The lowest BCUT2D eigenvalue weighted by Gasteiger charge is -2.32. The van der Waals surface area contributed by atoms with E-state index in [9.17, 15) is 18.0 Å². The first-order chi connectivity index (χ1) is 18.6. The zero-order valence-corrected chi connectivity index (χ0v) is 24.1. The normalized spacial score (nSPS) is 11.9. The number of nitrogens with one attached hydrogen (secondary N) is 1. The maximum atomic E-state index is 13.9. The fourth-order valence-electron chi connectivity index (χ4n) is 3.88. The van der Waals surface area contributed by atoms with Gasteiger partial charge in [0.1, 0.15) is 18.3 Å². The van der Waals surface area contributed by atoms with E-state index < -0.39 is 28.5 Å². The molecule has 208 valence electrons. The summed E-state index contributed by atoms with van der Waals surface area (Å²) in [6.07, 6.45) is 0.741. The molecule has 10 heteroatoms. The van der Waals surface area contributed by atoms with E-state index in [0.717, 1.165) is 21.9 Å². The molecule has 0 aliphatic rings. The van der Waals surface area contributed by atoms with Gasteiger partial charge in [-0.1, -0.05) is 48.4 Å². The average molecular weight is 572 g/mol. The van der Waals surface area contributed by atoms with Crippen LogP contribution in [0.5, 0.6) is 5.75 Å². The second-order valence-electron chi connectivity index (χ2n) is 9.14. The lowest BCUT2D eigenvalue weighted by Crippen LogP contribution is -2.51. The van der Waals surface area contributed by atoms with Gasteiger partial charge in [-0.25, -0.2) is 8.42 Å². The van der Waals surface area contributed by atoms with Crippen LogP contribution in [-0.4, -0.2) is 51.4 Å². The van der Waals surface area contributed by atoms with Crippen LogP contribution in [0.2, 0.25) is 5.02 Å². The molecule has 0 saturated carbocycles. The Balaban J connectivity index is 2.00. The van der Waals surface area contributed by atoms with Crippen LogP contribution in [0.1, 0.15) is 31.4 Å². The van der Waals surface area contributed by atoms with Crippen molar-refractivity contribution in [1.29, 1.82) is 0 Å². The van der Waals surface area contributed by atoms with Crippen molar-refractivity contribution >= 4 is 39.1 Å². The molecule has 0 aromatic heterocycles. The number of ether oxygens (including phenoxy) is 1. The summed E-state index contributed by atoms with van der Waals surface area (Å²) in [5.74, 6) is -0.186. The Morgan fingerprint density at radius 1 is 0.974 bits per heavy atom. The standard InChI is InChI=1S/C29H34ClN3O5S/c1-5-18-31-29(35)22(3)32(19-23-8-14-26(38-4)15-9-23)28(34)20-33(25-12-6-21(2)7-13-25)39(36,37)27-16-10-24(30)11-17-27/h6-17,22H,5,18-20H2,1-4H3,(H,31,35)/t22-/m1/s1. The molecule has 1 N–H and O–H groups in total. The predicted octanol–water partition coefficient (Wildman–Crippen LogP) is 4.80. The van der Waals surface area contributed by atoms with Crippen LogP contribution in [0.3, 0.4) is 0 Å². The average Bonchev–Trinajstić information content (AvgIpc) is 2.93. The number of hydrogen-bond donors (Lipinski definition) is 1. The van der Waals surface area contributed by atoms with Gasteiger partial charge in [0.15, 0.2) is 0 Å². The molecule has 8 nitrogen and oxygen atoms in total. The number of amides is 2. The zero-order chi connectivity index (χ0) is 28.6. The summed E-state index contributed by atoms with van der Waals surface area (Å²) >= 11 is 5.98. The Bertz CT molecular complexity index is 1360. The van der Waals surface area contributed by atoms with Crippen LogP contribution in [0.15, 0.2) is 77.7 Å². The van der Waals surface area contributed by atoms with Gasteiger partial charge in [0, 0.05) is 18.1 Å². The van der Waals surface area contributed by atoms with Gasteiger partial charge in [0.05, 0.1) is 17.7 Å². The van der Waals surface area contributed by atoms with Crippen molar-refractivity contribution in [1.82, 2.24) is 10.2 Å². The number of benzene rings is 3. The Kier molecular flexibility index (Phi) is 10.4. The lowest BCUT2D eigenvalue weighted by molar-refractivity contribution is -0.139. The monoisotopic (exact) mass is 571 g/mol. The number of sulfonamides is 1. The van der Waals surface area contributed by atoms with Crippen LogP contribution in [0.4, 0.5) is 5.69 Å². The van der Waals surface area contributed by atoms with Crippen LogP contribution in [0, 0.1) is 6.92 Å². The highest BCUT2D eigenvalue weighted by Gasteiger charge is 2.32. The van der Waals surface area contributed by atoms with E-state index in [1.807, 2.05) is 13.8 Å². The van der Waals surface area contributed by atoms with Gasteiger partial charge in [0.2, 0.25) is 11.8 Å². The summed E-state index contributed by atoms with van der Waals surface area (Å²) in [5, 5.41) is 3.22. The van der Waals surface area contributed by atoms with Crippen molar-refractivity contribution in [3.8, 4) is 5.75 Å². The van der Waals surface area contributed by atoms with E-state index in [-0.39, 0.29) is 17.3 Å². The Morgan fingerprint density at radius 2 is 1.59 bits per heavy atom. The molecule has 39 heavy (non-hydrogen) atoms. The minimum Gasteiger partial charge on any atom is -0.497 e. The Morgan fingerprint density at radius 3 is 2.15 bits per heavy atom. The first-order valence-electron chi connectivity index (χ1n) is 12.6. The molecule has 0 saturated heterocycles. The summed E-state index contributed by atoms with van der Waals surface area (Å²) in [7, 11) is -2.58. The van der Waals surface area contributed by atoms with Gasteiger partial charge in [0.25, 0.3) is 10.0 Å². The van der Waals surface area contributed by atoms with Gasteiger partial charge >= 0.3 is 0 Å². The predicted molar refractivity (Wildman–Crippen MR) is 153 cm³/mol. The van der Waals surface area contributed by atoms with Crippen LogP contribution >= 0.6 is 11.6 Å². The molecule has 0 heterocycles. The first-order valence-corrected chi connectivity index (χ1v) is 14.4. The van der Waals surface area contributed by atoms with E-state index in [4.69, 9.17) is 16.3 Å². The fraction of sp³-hybridized carbons (Fsp3) is 0.310. The molecule has 3 aromatic carbocycles. The number of hydrogen-bond acceptors (Lipinski definition) is 5. The maximum absolute atomic E-state index is 13.9. The number of halogens is 1. The minimum atomic E-state index is -4.14. The topological polar surface area (TPSA) is 96.0 Å². The quantitative estimate of drug-likeness (QED) is 0.337. The molecule has 0 spiro atoms. The third-order valence-corrected chi connectivity index (χ3v) is 8.27. The van der Waals surface area contributed by atoms with Crippen molar-refractivity contribution in [2.75, 3.05) is 24.5 Å². The first kappa shape index (κ1) is 30.0. The van der Waals surface area contributed by atoms with E-state index in [0.29, 0.717) is 23.0 Å². The lowest BCUT2D eigenvalue weighted by atomic mass is 10.1. The van der Waals surface area contributed by atoms with Gasteiger partial charge in [-0.15, -0.1) is 0 Å². The summed E-state index contributed by atoms with van der Waals surface area (Å²) in [5.41, 5.74) is 2.04. The van der Waals surface area contributed by atoms with Gasteiger partial charge in [-0.3, -0.25) is 13.9 Å². The molecular formula is C29H34ClN3O5S. The molecule has 2 amide bonds. The highest BCUT2D eigenvalue weighted by atomic mass is 35.5. The van der Waals surface area contributed by atoms with Gasteiger partial charge < -0.3 is 15.0 Å². The number of carbonyl (C=O) groups is 2. The molecule has 1 atom stereocenters. The number of nitrogens with zero attached hydrogens (tertiary/aromatic N) is 2. The molecule has 0 radical (unpaired) electrons. The molecule has 0 fully saturated rings. The van der Waals surface area contributed by atoms with Crippen molar-refractivity contribution in [3.63, 3.8) is 0 Å². The fourth-order valence-corrected chi connectivity index (χ4v) is 5.42. The maximum Gasteiger partial charge on any atom is 0.264 e. The Hall–Kier alpha value is -3.56. The Labute approximate surface area is 235 Å². The molecular weight excluding hydrogens is 538 g/mol. The second-order valence-corrected chi connectivity index (χ2v) is 11.4. The number of carbonyl (C=O) groups excluding carboxylic acids is 2. The van der Waals surface area contributed by atoms with Gasteiger partial charge in [-0.05, 0) is 74.4 Å². The van der Waals surface area contributed by atoms with Crippen molar-refractivity contribution < 1.29 is 22.7 Å². The van der Waals surface area contributed by atoms with Crippen LogP contribution in [-0.2, 0) is 26.2 Å². The third kappa shape index (κ3) is 7.74. The summed E-state index contributed by atoms with van der Waals surface area (Å²) < 4.78 is 33.8. The highest BCUT2D eigenvalue weighted by Crippen LogP contribution is 2.26. The summed E-state index contributed by atoms with van der Waals surface area (Å²) in [6, 6.07) is 18.9. The molecule has 0 aliphatic carbocycles. The van der Waals surface area contributed by atoms with E-state index >= 15 is 0 Å². The SMILES string of the molecule is CCCNC(=O)[C@@H](C)N(Cc1ccc(OC)cc1)C(=O)CN(c1ccc(C)cc1)S(=O)(=O)c1ccc(Cl)cc1. The van der Waals surface area contributed by atoms with Crippen molar-refractivity contribution in [2.24, 2.45) is 0 Å². The van der Waals surface area contributed by atoms with Crippen molar-refractivity contribution in [2.45, 2.75) is 44.7 Å². The van der Waals surface area contributed by atoms with E-state index in [2.05, 4.69) is 5.32 Å². The molecule has 3 rings (SSSR count). The summed E-state index contributed by atoms with van der Waals surface area (Å²) in [6.45, 7) is 5.53. The number of anilines is 1. The highest BCUT2D eigenvalue weighted by molar-refractivity contribution is 7.92. The number of methoxy groups -OCH3 is 1. The van der Waals surface area contributed by atoms with Crippen molar-refractivity contribution in [3.05, 3.63) is 88.9 Å². The second kappa shape index (κ2) is 13.5. The smallest absolute Gasteiger partial charge is 0.264 e. The molecule has 0 unspecified atom stereocenters. The minimum absolute atomic E-state index is 0.00397. The third-order valence-electron chi connectivity index (χ3n) is 6.23. The van der Waals surface area contributed by atoms with E-state index in [1.165, 1.54) is 29.2 Å². The zero-order valence-electron chi connectivity index (χ0n) is 22.6. The van der Waals surface area contributed by atoms with Gasteiger partial charge in [-0.2, -0.15) is 0 Å². The molecule has 0 aliphatic heterocycles. The van der Waals surface area contributed by atoms with E-state index in [1.54, 1.807) is 62.6 Å². The molecule has 3 aromatic rings. The number of rotatable bonds is 12. The largest absolute Gasteiger partial charge is 0.497 e. The van der Waals surface area contributed by atoms with Crippen LogP contribution < -0.4 is 14.4 Å². The summed E-state index contributed by atoms with van der Waals surface area (Å²) in [4.78, 5) is 28.2.